The zero-order valence-electron chi connectivity index (χ0n) is 13.9. The molecule has 0 bridgehead atoms. The van der Waals surface area contributed by atoms with Crippen molar-refractivity contribution >= 4 is 40.5 Å². The van der Waals surface area contributed by atoms with E-state index in [0.717, 1.165) is 30.0 Å². The highest BCUT2D eigenvalue weighted by molar-refractivity contribution is 6.37. The van der Waals surface area contributed by atoms with Crippen molar-refractivity contribution in [3.05, 3.63) is 57.4 Å². The predicted octanol–water partition coefficient (Wildman–Crippen LogP) is 4.14. The summed E-state index contributed by atoms with van der Waals surface area (Å²) in [6, 6.07) is 3.59. The van der Waals surface area contributed by atoms with E-state index in [4.69, 9.17) is 32.7 Å². The quantitative estimate of drug-likeness (QED) is 0.798. The second-order valence-corrected chi connectivity index (χ2v) is 6.49. The summed E-state index contributed by atoms with van der Waals surface area (Å²) in [6.07, 6.45) is 6.12. The van der Waals surface area contributed by atoms with Gasteiger partial charge in [0, 0.05) is 30.7 Å². The van der Waals surface area contributed by atoms with Crippen molar-refractivity contribution in [3.63, 3.8) is 0 Å². The van der Waals surface area contributed by atoms with Crippen LogP contribution in [0.2, 0.25) is 10.0 Å². The molecule has 0 saturated heterocycles. The fourth-order valence-corrected chi connectivity index (χ4v) is 3.53. The lowest BCUT2D eigenvalue weighted by Gasteiger charge is -2.31. The van der Waals surface area contributed by atoms with Crippen LogP contribution in [0.15, 0.2) is 47.4 Å². The van der Waals surface area contributed by atoms with Crippen LogP contribution in [0.4, 0.5) is 11.4 Å². The van der Waals surface area contributed by atoms with Crippen molar-refractivity contribution in [1.82, 2.24) is 0 Å². The lowest BCUT2D eigenvalue weighted by atomic mass is 10.0. The first-order valence-electron chi connectivity index (χ1n) is 7.77. The number of benzene rings is 1. The number of anilines is 2. The summed E-state index contributed by atoms with van der Waals surface area (Å²) in [4.78, 5) is 13.9. The van der Waals surface area contributed by atoms with Gasteiger partial charge in [0.2, 0.25) is 0 Å². The van der Waals surface area contributed by atoms with Gasteiger partial charge in [-0.25, -0.2) is 4.79 Å². The van der Waals surface area contributed by atoms with Gasteiger partial charge in [0.1, 0.15) is 5.76 Å². The number of nitrogens with one attached hydrogen (secondary N) is 1. The molecule has 1 aliphatic carbocycles. The number of ether oxygens (including phenoxy) is 2. The maximum Gasteiger partial charge on any atom is 0.341 e. The van der Waals surface area contributed by atoms with Gasteiger partial charge in [-0.05, 0) is 23.8 Å². The first-order chi connectivity index (χ1) is 12.0. The van der Waals surface area contributed by atoms with E-state index in [-0.39, 0.29) is 0 Å². The van der Waals surface area contributed by atoms with Crippen LogP contribution in [-0.4, -0.2) is 33.3 Å². The monoisotopic (exact) mass is 380 g/mol. The minimum absolute atomic E-state index is 0.405. The highest BCUT2D eigenvalue weighted by Gasteiger charge is 2.22. The third-order valence-electron chi connectivity index (χ3n) is 4.09. The van der Waals surface area contributed by atoms with Gasteiger partial charge in [0.15, 0.2) is 0 Å². The number of esters is 1. The minimum Gasteiger partial charge on any atom is -0.500 e. The Morgan fingerprint density at radius 1 is 1.28 bits per heavy atom. The van der Waals surface area contributed by atoms with Crippen molar-refractivity contribution < 1.29 is 14.3 Å². The molecule has 5 nitrogen and oxygen atoms in total. The first kappa shape index (κ1) is 17.7. The molecule has 3 rings (SSSR count). The Kier molecular flexibility index (Phi) is 5.25. The Morgan fingerprint density at radius 3 is 2.80 bits per heavy atom. The second kappa shape index (κ2) is 7.42. The summed E-state index contributed by atoms with van der Waals surface area (Å²) >= 11 is 12.5. The highest BCUT2D eigenvalue weighted by Crippen LogP contribution is 2.39. The molecule has 0 radical (unpaired) electrons. The lowest BCUT2D eigenvalue weighted by molar-refractivity contribution is -0.136. The molecule has 1 aliphatic heterocycles. The Balaban J connectivity index is 1.91. The zero-order chi connectivity index (χ0) is 18.0. The fourth-order valence-electron chi connectivity index (χ4n) is 2.93. The molecule has 0 aromatic heterocycles. The zero-order valence-corrected chi connectivity index (χ0v) is 15.4. The van der Waals surface area contributed by atoms with Gasteiger partial charge in [0.05, 0.1) is 36.2 Å². The van der Waals surface area contributed by atoms with Crippen molar-refractivity contribution in [2.75, 3.05) is 37.5 Å². The molecule has 7 heteroatoms. The molecule has 2 aliphatic rings. The molecule has 1 aromatic rings. The van der Waals surface area contributed by atoms with E-state index in [1.807, 2.05) is 18.3 Å². The number of methoxy groups -OCH3 is 2. The summed E-state index contributed by atoms with van der Waals surface area (Å²) < 4.78 is 10.2. The maximum absolute atomic E-state index is 11.8. The molecule has 1 aromatic carbocycles. The molecule has 0 atom stereocenters. The molecule has 1 heterocycles. The van der Waals surface area contributed by atoms with Crippen LogP contribution < -0.4 is 10.2 Å². The third kappa shape index (κ3) is 3.62. The summed E-state index contributed by atoms with van der Waals surface area (Å²) in [5, 5.41) is 4.49. The molecule has 0 spiro atoms. The number of allylic oxidation sites excluding steroid dienone is 2. The first-order valence-corrected chi connectivity index (χ1v) is 8.53. The molecular formula is C18H18Cl2N2O3. The summed E-state index contributed by atoms with van der Waals surface area (Å²) in [5.74, 6) is 0.176. The van der Waals surface area contributed by atoms with E-state index in [1.165, 1.54) is 7.11 Å². The van der Waals surface area contributed by atoms with Crippen LogP contribution in [0.3, 0.4) is 0 Å². The maximum atomic E-state index is 11.8. The fraction of sp³-hybridized carbons (Fsp3) is 0.278. The summed E-state index contributed by atoms with van der Waals surface area (Å²) in [7, 11) is 2.90. The smallest absolute Gasteiger partial charge is 0.341 e. The average molecular weight is 381 g/mol. The number of carbonyl (C=O) groups is 1. The topological polar surface area (TPSA) is 50.8 Å². The van der Waals surface area contributed by atoms with Crippen LogP contribution in [0, 0.1) is 0 Å². The van der Waals surface area contributed by atoms with Crippen LogP contribution >= 0.6 is 23.2 Å². The Labute approximate surface area is 156 Å². The standard InChI is InChI=1S/C18H18Cl2N2O3/c1-24-16-7-11(3-4-13(16)18(23)25-2)10-22-6-5-21-15-9-12(19)8-14(20)17(15)22/h3-4,8-10,21H,5-7H2,1-2H3. The number of rotatable bonds is 3. The molecule has 1 N–H and O–H groups in total. The molecule has 0 saturated carbocycles. The van der Waals surface area contributed by atoms with Gasteiger partial charge in [-0.2, -0.15) is 0 Å². The highest BCUT2D eigenvalue weighted by atomic mass is 35.5. The van der Waals surface area contributed by atoms with E-state index >= 15 is 0 Å². The Bertz CT molecular complexity index is 800. The normalized spacial score (nSPS) is 18.1. The third-order valence-corrected chi connectivity index (χ3v) is 4.59. The molecular weight excluding hydrogens is 363 g/mol. The van der Waals surface area contributed by atoms with Crippen LogP contribution in [-0.2, 0) is 14.3 Å². The number of hydrogen-bond acceptors (Lipinski definition) is 5. The van der Waals surface area contributed by atoms with Gasteiger partial charge in [-0.3, -0.25) is 0 Å². The SMILES string of the molecule is COC(=O)C1=C(OC)CC(=CN2CCNc3cc(Cl)cc(Cl)c32)C=C1. The Morgan fingerprint density at radius 2 is 2.08 bits per heavy atom. The minimum atomic E-state index is -0.405. The van der Waals surface area contributed by atoms with Gasteiger partial charge >= 0.3 is 5.97 Å². The van der Waals surface area contributed by atoms with E-state index in [9.17, 15) is 4.79 Å². The van der Waals surface area contributed by atoms with Crippen molar-refractivity contribution in [2.24, 2.45) is 0 Å². The Hall–Kier alpha value is -2.11. The van der Waals surface area contributed by atoms with Gasteiger partial charge < -0.3 is 19.7 Å². The van der Waals surface area contributed by atoms with E-state index in [2.05, 4.69) is 10.2 Å². The summed E-state index contributed by atoms with van der Waals surface area (Å²) in [6.45, 7) is 1.54. The van der Waals surface area contributed by atoms with Gasteiger partial charge in [-0.15, -0.1) is 0 Å². The van der Waals surface area contributed by atoms with E-state index < -0.39 is 5.97 Å². The number of nitrogens with zero attached hydrogens (tertiary/aromatic N) is 1. The lowest BCUT2D eigenvalue weighted by Crippen LogP contribution is -2.30. The predicted molar refractivity (Wildman–Crippen MR) is 100 cm³/mol. The second-order valence-electron chi connectivity index (χ2n) is 5.65. The molecule has 25 heavy (non-hydrogen) atoms. The molecule has 0 unspecified atom stereocenters. The molecule has 132 valence electrons. The molecule has 0 fully saturated rings. The molecule has 0 amide bonds. The van der Waals surface area contributed by atoms with Crippen LogP contribution in [0.5, 0.6) is 0 Å². The van der Waals surface area contributed by atoms with Crippen LogP contribution in [0.25, 0.3) is 0 Å². The largest absolute Gasteiger partial charge is 0.500 e. The summed E-state index contributed by atoms with van der Waals surface area (Å²) in [5.41, 5.74) is 3.23. The number of carbonyl (C=O) groups excluding carboxylic acids is 1. The van der Waals surface area contributed by atoms with Crippen LogP contribution in [0.1, 0.15) is 6.42 Å². The van der Waals surface area contributed by atoms with Crippen molar-refractivity contribution in [3.8, 4) is 0 Å². The number of hydrogen-bond donors (Lipinski definition) is 1. The van der Waals surface area contributed by atoms with E-state index in [0.29, 0.717) is 27.8 Å². The van der Waals surface area contributed by atoms with Gasteiger partial charge in [0.25, 0.3) is 0 Å². The number of fused-ring (bicyclic) bond motifs is 1. The van der Waals surface area contributed by atoms with E-state index in [1.54, 1.807) is 19.3 Å². The van der Waals surface area contributed by atoms with Gasteiger partial charge in [-0.1, -0.05) is 29.3 Å². The number of halogens is 2. The van der Waals surface area contributed by atoms with Crippen molar-refractivity contribution in [1.29, 1.82) is 0 Å². The average Bonchev–Trinajstić information content (AvgIpc) is 2.60. The van der Waals surface area contributed by atoms with Crippen molar-refractivity contribution in [2.45, 2.75) is 6.42 Å².